The average Bonchev–Trinajstić information content (AvgIpc) is 1.66. The number of carboxylic acid groups (broad SMARTS) is 2. The Morgan fingerprint density at radius 1 is 1.00 bits per heavy atom. The second-order valence-electron chi connectivity index (χ2n) is 0.983. The summed E-state index contributed by atoms with van der Waals surface area (Å²) in [4.78, 5) is 25.8. The minimum atomic E-state index is -1.08. The van der Waals surface area contributed by atoms with E-state index in [1.54, 1.807) is 0 Å². The van der Waals surface area contributed by atoms with Gasteiger partial charge in [0.25, 0.3) is 0 Å². The molecule has 0 aromatic carbocycles. The minimum absolute atomic E-state index is 0. The molecule has 0 radical (unpaired) electrons. The van der Waals surface area contributed by atoms with Crippen LogP contribution in [0.15, 0.2) is 0 Å². The van der Waals surface area contributed by atoms with Crippen molar-refractivity contribution in [3.05, 3.63) is 0 Å². The van der Waals surface area contributed by atoms with Gasteiger partial charge in [-0.1, -0.05) is 0 Å². The molecule has 0 aliphatic rings. The smallest absolute Gasteiger partial charge is 0.550 e. The van der Waals surface area contributed by atoms with Crippen molar-refractivity contribution in [1.82, 2.24) is 0 Å². The first-order valence-corrected chi connectivity index (χ1v) is 2.11. The third-order valence-electron chi connectivity index (χ3n) is 0. The molecule has 0 N–H and O–H groups in total. The fourth-order valence-electron chi connectivity index (χ4n) is 0. The zero-order valence-corrected chi connectivity index (χ0v) is 7.62. The van der Waals surface area contributed by atoms with Gasteiger partial charge in [0.1, 0.15) is 6.79 Å². The molecule has 0 bridgehead atoms. The van der Waals surface area contributed by atoms with Crippen molar-refractivity contribution >= 4 is 18.7 Å². The second-order valence-corrected chi connectivity index (χ2v) is 0.983. The Bertz CT molecular complexity index is 83.0. The van der Waals surface area contributed by atoms with Gasteiger partial charge in [-0.05, 0) is 13.8 Å². The fraction of sp³-hybridized carbons (Fsp3) is 0.400. The molecule has 0 fully saturated rings. The standard InChI is InChI=1S/2C2H4O2.CH2O.Pd/c2*1-2(3)4;1-2;/h2*1H3,(H,3,4);1H2;/q;;;+2/p-2. The van der Waals surface area contributed by atoms with E-state index in [0.717, 1.165) is 13.8 Å². The summed E-state index contributed by atoms with van der Waals surface area (Å²) < 4.78 is 0. The van der Waals surface area contributed by atoms with Gasteiger partial charge in [0.15, 0.2) is 0 Å². The fourth-order valence-corrected chi connectivity index (χ4v) is 0. The Kier molecular flexibility index (Phi) is 46.6. The summed E-state index contributed by atoms with van der Waals surface area (Å²) in [7, 11) is 0. The Morgan fingerprint density at radius 3 is 1.00 bits per heavy atom. The quantitative estimate of drug-likeness (QED) is 0.439. The number of hydrogen-bond acceptors (Lipinski definition) is 5. The predicted molar refractivity (Wildman–Crippen MR) is 28.5 cm³/mol. The first-order valence-electron chi connectivity index (χ1n) is 2.11. The van der Waals surface area contributed by atoms with Gasteiger partial charge in [0.05, 0.1) is 0 Å². The van der Waals surface area contributed by atoms with Gasteiger partial charge in [-0.3, -0.25) is 0 Å². The van der Waals surface area contributed by atoms with Crippen molar-refractivity contribution in [3.8, 4) is 0 Å². The Morgan fingerprint density at radius 2 is 1.00 bits per heavy atom. The molecule has 0 atom stereocenters. The number of carbonyl (C=O) groups is 3. The van der Waals surface area contributed by atoms with Crippen LogP contribution in [0.3, 0.4) is 0 Å². The van der Waals surface area contributed by atoms with Crippen molar-refractivity contribution in [2.24, 2.45) is 0 Å². The van der Waals surface area contributed by atoms with Crippen LogP contribution in [-0.4, -0.2) is 18.7 Å². The Labute approximate surface area is 78.1 Å². The van der Waals surface area contributed by atoms with Crippen molar-refractivity contribution in [3.63, 3.8) is 0 Å². The van der Waals surface area contributed by atoms with Crippen LogP contribution in [0, 0.1) is 0 Å². The van der Waals surface area contributed by atoms with E-state index in [0.29, 0.717) is 0 Å². The molecule has 0 heterocycles. The van der Waals surface area contributed by atoms with Gasteiger partial charge >= 0.3 is 20.4 Å². The molecular weight excluding hydrogens is 246 g/mol. The average molecular weight is 255 g/mol. The van der Waals surface area contributed by atoms with E-state index in [-0.39, 0.29) is 20.4 Å². The van der Waals surface area contributed by atoms with Crippen molar-refractivity contribution < 1.29 is 45.0 Å². The first-order chi connectivity index (χ1) is 4.46. The summed E-state index contributed by atoms with van der Waals surface area (Å²) in [6, 6.07) is 0. The molecule has 6 heteroatoms. The summed E-state index contributed by atoms with van der Waals surface area (Å²) in [5.74, 6) is -2.17. The summed E-state index contributed by atoms with van der Waals surface area (Å²) >= 11 is 0. The Balaban J connectivity index is -0.0000000339. The zero-order chi connectivity index (χ0) is 9.15. The number of aliphatic carboxylic acids is 2. The van der Waals surface area contributed by atoms with E-state index >= 15 is 0 Å². The van der Waals surface area contributed by atoms with Crippen molar-refractivity contribution in [2.75, 3.05) is 0 Å². The van der Waals surface area contributed by atoms with Crippen LogP contribution in [-0.2, 0) is 34.8 Å². The van der Waals surface area contributed by atoms with E-state index < -0.39 is 11.9 Å². The van der Waals surface area contributed by atoms with E-state index in [1.165, 1.54) is 0 Å². The van der Waals surface area contributed by atoms with E-state index in [9.17, 15) is 0 Å². The molecule has 0 amide bonds. The molecule has 0 saturated carbocycles. The summed E-state index contributed by atoms with van der Waals surface area (Å²) in [6.07, 6.45) is 0. The molecule has 0 aliphatic carbocycles. The largest absolute Gasteiger partial charge is 2.00 e. The second kappa shape index (κ2) is 22.8. The van der Waals surface area contributed by atoms with E-state index in [1.807, 2.05) is 6.79 Å². The van der Waals surface area contributed by atoms with Crippen molar-refractivity contribution in [1.29, 1.82) is 0 Å². The van der Waals surface area contributed by atoms with E-state index in [4.69, 9.17) is 24.6 Å². The maximum absolute atomic E-state index is 8.89. The minimum Gasteiger partial charge on any atom is -0.550 e. The molecule has 0 spiro atoms. The number of carboxylic acids is 2. The SMILES string of the molecule is C=O.CC(=O)[O-].CC(=O)[O-].[Pd+2]. The van der Waals surface area contributed by atoms with Gasteiger partial charge in [-0.15, -0.1) is 0 Å². The van der Waals surface area contributed by atoms with Gasteiger partial charge in [-0.25, -0.2) is 0 Å². The maximum atomic E-state index is 8.89. The van der Waals surface area contributed by atoms with Crippen LogP contribution < -0.4 is 10.2 Å². The van der Waals surface area contributed by atoms with Crippen LogP contribution >= 0.6 is 0 Å². The molecule has 0 saturated heterocycles. The number of carbonyl (C=O) groups excluding carboxylic acids is 3. The third kappa shape index (κ3) is 926. The van der Waals surface area contributed by atoms with Crippen LogP contribution in [0.5, 0.6) is 0 Å². The van der Waals surface area contributed by atoms with Gasteiger partial charge in [0, 0.05) is 11.9 Å². The van der Waals surface area contributed by atoms with Crippen LogP contribution in [0.25, 0.3) is 0 Å². The summed E-state index contributed by atoms with van der Waals surface area (Å²) in [6.45, 7) is 3.94. The molecule has 0 rings (SSSR count). The van der Waals surface area contributed by atoms with Gasteiger partial charge < -0.3 is 24.6 Å². The molecule has 0 aliphatic heterocycles. The molecule has 0 aromatic heterocycles. The van der Waals surface area contributed by atoms with Crippen LogP contribution in [0.4, 0.5) is 0 Å². The molecule has 5 nitrogen and oxygen atoms in total. The molecule has 11 heavy (non-hydrogen) atoms. The predicted octanol–water partition coefficient (Wildman–Crippen LogP) is -2.67. The monoisotopic (exact) mass is 254 g/mol. The van der Waals surface area contributed by atoms with Crippen molar-refractivity contribution in [2.45, 2.75) is 13.8 Å². The van der Waals surface area contributed by atoms with Crippen LogP contribution in [0.1, 0.15) is 13.8 Å². The van der Waals surface area contributed by atoms with Gasteiger partial charge in [-0.2, -0.15) is 0 Å². The summed E-state index contributed by atoms with van der Waals surface area (Å²) in [5.41, 5.74) is 0. The number of rotatable bonds is 0. The molecular formula is C5H8O5Pd. The van der Waals surface area contributed by atoms with Crippen LogP contribution in [0.2, 0.25) is 0 Å². The zero-order valence-electron chi connectivity index (χ0n) is 6.06. The van der Waals surface area contributed by atoms with Gasteiger partial charge in [0.2, 0.25) is 0 Å². The first kappa shape index (κ1) is 22.4. The number of hydrogen-bond donors (Lipinski definition) is 0. The topological polar surface area (TPSA) is 97.3 Å². The molecule has 0 unspecified atom stereocenters. The summed E-state index contributed by atoms with van der Waals surface area (Å²) in [5, 5.41) is 17.8. The molecule has 68 valence electrons. The maximum Gasteiger partial charge on any atom is 2.00 e. The Hall–Kier alpha value is -0.728. The third-order valence-corrected chi connectivity index (χ3v) is 0. The molecule has 0 aromatic rings. The van der Waals surface area contributed by atoms with E-state index in [2.05, 4.69) is 0 Å². The normalized spacial score (nSPS) is 4.91.